The van der Waals surface area contributed by atoms with E-state index in [9.17, 15) is 27.6 Å². The number of nitrogens with zero attached hydrogens (tertiary/aromatic N) is 3. The number of rotatable bonds is 6. The summed E-state index contributed by atoms with van der Waals surface area (Å²) in [5, 5.41) is 13.7. The van der Waals surface area contributed by atoms with Crippen molar-refractivity contribution in [1.29, 1.82) is 0 Å². The van der Waals surface area contributed by atoms with E-state index >= 15 is 4.39 Å². The molecule has 0 bridgehead atoms. The molecule has 2 heterocycles. The van der Waals surface area contributed by atoms with Gasteiger partial charge in [-0.25, -0.2) is 17.6 Å². The van der Waals surface area contributed by atoms with Crippen molar-refractivity contribution in [2.75, 3.05) is 5.32 Å². The van der Waals surface area contributed by atoms with Gasteiger partial charge >= 0.3 is 0 Å². The smallest absolute Gasteiger partial charge is 0.293 e. The molecule has 2 aromatic heterocycles. The van der Waals surface area contributed by atoms with E-state index in [1.54, 1.807) is 0 Å². The molecule has 0 aliphatic heterocycles. The van der Waals surface area contributed by atoms with Crippen molar-refractivity contribution in [3.63, 3.8) is 0 Å². The standard InChI is InChI=1S/C20H15ClF4N6O3/c1-31-6-10(14(23)15(31)17(33)27-9-2-3-12(22)11(21)4-9)16(32)18(34)28-19(7-20(24,25)8-19)13-5-26-30-29-13/h2-6H,7-8H2,1H3,(H,27,33)(H,28,34)(H,26,29,30). The Hall–Kier alpha value is -3.74. The Morgan fingerprint density at radius 2 is 1.91 bits per heavy atom. The van der Waals surface area contributed by atoms with Gasteiger partial charge in [-0.1, -0.05) is 11.6 Å². The first-order chi connectivity index (χ1) is 15.9. The number of hydrogen-bond donors (Lipinski definition) is 3. The van der Waals surface area contributed by atoms with Crippen LogP contribution in [0.5, 0.6) is 0 Å². The number of alkyl halides is 2. The van der Waals surface area contributed by atoms with Crippen molar-refractivity contribution in [3.8, 4) is 0 Å². The maximum absolute atomic E-state index is 15.0. The lowest BCUT2D eigenvalue weighted by Gasteiger charge is -2.46. The maximum atomic E-state index is 15.0. The molecule has 2 amide bonds. The fourth-order valence-electron chi connectivity index (χ4n) is 3.77. The molecule has 14 heteroatoms. The molecule has 1 fully saturated rings. The Kier molecular flexibility index (Phi) is 5.67. The summed E-state index contributed by atoms with van der Waals surface area (Å²) in [6.07, 6.45) is 0.405. The number of H-pyrrole nitrogens is 1. The average molecular weight is 499 g/mol. The van der Waals surface area contributed by atoms with E-state index in [1.807, 2.05) is 0 Å². The molecule has 1 aliphatic carbocycles. The zero-order chi connectivity index (χ0) is 24.8. The summed E-state index contributed by atoms with van der Waals surface area (Å²) in [6, 6.07) is 3.29. The van der Waals surface area contributed by atoms with Crippen molar-refractivity contribution < 1.29 is 31.9 Å². The van der Waals surface area contributed by atoms with Gasteiger partial charge in [0.05, 0.1) is 22.3 Å². The average Bonchev–Trinajstić information content (AvgIpc) is 3.37. The predicted octanol–water partition coefficient (Wildman–Crippen LogP) is 2.95. The van der Waals surface area contributed by atoms with Crippen LogP contribution < -0.4 is 10.6 Å². The van der Waals surface area contributed by atoms with Gasteiger partial charge < -0.3 is 15.2 Å². The maximum Gasteiger partial charge on any atom is 0.293 e. The molecule has 0 spiro atoms. The van der Waals surface area contributed by atoms with Crippen LogP contribution in [0.3, 0.4) is 0 Å². The molecule has 0 radical (unpaired) electrons. The number of hydrogen-bond acceptors (Lipinski definition) is 5. The largest absolute Gasteiger partial charge is 0.343 e. The number of Topliss-reactive ketones (excluding diaryl/α,β-unsaturated/α-hetero) is 1. The van der Waals surface area contributed by atoms with Crippen LogP contribution in [0.25, 0.3) is 0 Å². The molecule has 34 heavy (non-hydrogen) atoms. The number of aryl methyl sites for hydroxylation is 1. The minimum absolute atomic E-state index is 0.00821. The molecule has 1 saturated carbocycles. The van der Waals surface area contributed by atoms with Crippen molar-refractivity contribution in [1.82, 2.24) is 25.3 Å². The molecule has 1 aliphatic rings. The normalized spacial score (nSPS) is 15.9. The zero-order valence-corrected chi connectivity index (χ0v) is 18.0. The number of aromatic amines is 1. The minimum Gasteiger partial charge on any atom is -0.343 e. The molecule has 0 saturated heterocycles. The Morgan fingerprint density at radius 1 is 1.21 bits per heavy atom. The van der Waals surface area contributed by atoms with E-state index in [1.165, 1.54) is 13.1 Å². The summed E-state index contributed by atoms with van der Waals surface area (Å²) in [5.41, 5.74) is -2.95. The highest BCUT2D eigenvalue weighted by molar-refractivity contribution is 6.43. The summed E-state index contributed by atoms with van der Waals surface area (Å²) in [4.78, 5) is 37.8. The van der Waals surface area contributed by atoms with E-state index in [0.29, 0.717) is 0 Å². The number of carbonyl (C=O) groups excluding carboxylic acids is 3. The van der Waals surface area contributed by atoms with E-state index in [-0.39, 0.29) is 16.4 Å². The number of nitrogens with one attached hydrogen (secondary N) is 3. The summed E-state index contributed by atoms with van der Waals surface area (Å²) < 4.78 is 56.5. The van der Waals surface area contributed by atoms with Crippen LogP contribution in [-0.4, -0.2) is 43.5 Å². The highest BCUT2D eigenvalue weighted by Gasteiger charge is 2.60. The fourth-order valence-corrected chi connectivity index (χ4v) is 3.95. The topological polar surface area (TPSA) is 122 Å². The predicted molar refractivity (Wildman–Crippen MR) is 109 cm³/mol. The summed E-state index contributed by atoms with van der Waals surface area (Å²) in [6.45, 7) is 0. The number of ketones is 1. The van der Waals surface area contributed by atoms with E-state index in [0.717, 1.165) is 29.1 Å². The first kappa shape index (κ1) is 23.4. The van der Waals surface area contributed by atoms with Gasteiger partial charge in [-0.2, -0.15) is 15.4 Å². The number of benzene rings is 1. The van der Waals surface area contributed by atoms with Gasteiger partial charge in [-0.15, -0.1) is 0 Å². The molecule has 4 rings (SSSR count). The lowest BCUT2D eigenvalue weighted by molar-refractivity contribution is -0.148. The highest BCUT2D eigenvalue weighted by atomic mass is 35.5. The molecular weight excluding hydrogens is 484 g/mol. The second-order valence-electron chi connectivity index (χ2n) is 7.83. The molecule has 178 valence electrons. The van der Waals surface area contributed by atoms with Gasteiger partial charge in [-0.3, -0.25) is 14.4 Å². The first-order valence-electron chi connectivity index (χ1n) is 9.64. The Morgan fingerprint density at radius 3 is 2.50 bits per heavy atom. The molecule has 3 N–H and O–H groups in total. The minimum atomic E-state index is -3.10. The lowest BCUT2D eigenvalue weighted by atomic mass is 9.71. The second-order valence-corrected chi connectivity index (χ2v) is 8.24. The van der Waals surface area contributed by atoms with Gasteiger partial charge in [0.1, 0.15) is 17.2 Å². The molecule has 3 aromatic rings. The Balaban J connectivity index is 1.55. The van der Waals surface area contributed by atoms with E-state index in [2.05, 4.69) is 26.0 Å². The zero-order valence-electron chi connectivity index (χ0n) is 17.3. The monoisotopic (exact) mass is 498 g/mol. The van der Waals surface area contributed by atoms with Crippen molar-refractivity contribution in [2.45, 2.75) is 24.3 Å². The number of anilines is 1. The fraction of sp³-hybridized carbons (Fsp3) is 0.250. The van der Waals surface area contributed by atoms with Crippen LogP contribution in [0.15, 0.2) is 30.6 Å². The van der Waals surface area contributed by atoms with Crippen LogP contribution >= 0.6 is 11.6 Å². The number of aromatic nitrogens is 4. The van der Waals surface area contributed by atoms with Crippen molar-refractivity contribution in [3.05, 3.63) is 64.2 Å². The van der Waals surface area contributed by atoms with Gasteiger partial charge in [0, 0.05) is 31.8 Å². The third-order valence-electron chi connectivity index (χ3n) is 5.34. The summed E-state index contributed by atoms with van der Waals surface area (Å²) in [5.74, 6) is -8.86. The van der Waals surface area contributed by atoms with Gasteiger partial charge in [0.2, 0.25) is 0 Å². The Labute approximate surface area is 193 Å². The van der Waals surface area contributed by atoms with Gasteiger partial charge in [-0.05, 0) is 18.2 Å². The Bertz CT molecular complexity index is 1300. The van der Waals surface area contributed by atoms with Crippen LogP contribution in [-0.2, 0) is 17.4 Å². The molecule has 0 unspecified atom stereocenters. The molecule has 9 nitrogen and oxygen atoms in total. The highest BCUT2D eigenvalue weighted by Crippen LogP contribution is 2.51. The number of amides is 2. The quantitative estimate of drug-likeness (QED) is 0.274. The molecular formula is C20H15ClF4N6O3. The van der Waals surface area contributed by atoms with Crippen LogP contribution in [0, 0.1) is 11.6 Å². The number of carbonyl (C=O) groups is 3. The molecule has 0 atom stereocenters. The van der Waals surface area contributed by atoms with E-state index in [4.69, 9.17) is 11.6 Å². The van der Waals surface area contributed by atoms with Crippen LogP contribution in [0.1, 0.15) is 39.4 Å². The van der Waals surface area contributed by atoms with E-state index < -0.39 is 64.8 Å². The van der Waals surface area contributed by atoms with Gasteiger partial charge in [0.25, 0.3) is 23.5 Å². The summed E-state index contributed by atoms with van der Waals surface area (Å²) >= 11 is 5.66. The van der Waals surface area contributed by atoms with Crippen LogP contribution in [0.4, 0.5) is 23.2 Å². The van der Waals surface area contributed by atoms with Crippen molar-refractivity contribution >= 4 is 34.9 Å². The SMILES string of the molecule is Cn1cc(C(=O)C(=O)NC2(c3cn[nH]n3)CC(F)(F)C2)c(F)c1C(=O)Nc1ccc(F)c(Cl)c1. The lowest BCUT2D eigenvalue weighted by Crippen LogP contribution is -2.61. The van der Waals surface area contributed by atoms with Crippen molar-refractivity contribution in [2.24, 2.45) is 7.05 Å². The van der Waals surface area contributed by atoms with Crippen LogP contribution in [0.2, 0.25) is 5.02 Å². The number of halogens is 5. The first-order valence-corrected chi connectivity index (χ1v) is 10.0. The van der Waals surface area contributed by atoms with Gasteiger partial charge in [0.15, 0.2) is 5.82 Å². The molecule has 1 aromatic carbocycles. The third kappa shape index (κ3) is 4.14. The second kappa shape index (κ2) is 8.24. The third-order valence-corrected chi connectivity index (χ3v) is 5.63. The summed E-state index contributed by atoms with van der Waals surface area (Å²) in [7, 11) is 1.26.